The van der Waals surface area contributed by atoms with E-state index in [1.54, 1.807) is 23.0 Å². The van der Waals surface area contributed by atoms with Crippen LogP contribution in [0, 0.1) is 0 Å². The first-order chi connectivity index (χ1) is 15.1. The second-order valence-corrected chi connectivity index (χ2v) is 10.3. The smallest absolute Gasteiger partial charge is 0.262 e. The highest BCUT2D eigenvalue weighted by Gasteiger charge is 2.21. The van der Waals surface area contributed by atoms with E-state index in [0.717, 1.165) is 40.7 Å². The van der Waals surface area contributed by atoms with Crippen LogP contribution in [0.15, 0.2) is 45.7 Å². The van der Waals surface area contributed by atoms with Gasteiger partial charge in [0.2, 0.25) is 5.91 Å². The fourth-order valence-electron chi connectivity index (χ4n) is 3.75. The summed E-state index contributed by atoms with van der Waals surface area (Å²) in [6.45, 7) is 0. The van der Waals surface area contributed by atoms with E-state index in [-0.39, 0.29) is 17.2 Å². The van der Waals surface area contributed by atoms with Gasteiger partial charge in [0.1, 0.15) is 4.83 Å². The van der Waals surface area contributed by atoms with Crippen LogP contribution >= 0.6 is 34.4 Å². The minimum atomic E-state index is -0.168. The Balaban J connectivity index is 1.30. The van der Waals surface area contributed by atoms with Crippen LogP contribution in [0.3, 0.4) is 0 Å². The Morgan fingerprint density at radius 2 is 2.00 bits per heavy atom. The summed E-state index contributed by atoms with van der Waals surface area (Å²) in [4.78, 5) is 36.7. The number of thioether (sulfide) groups is 1. The number of thiazole rings is 1. The van der Waals surface area contributed by atoms with E-state index in [0.29, 0.717) is 10.3 Å². The second kappa shape index (κ2) is 8.57. The molecular formula is C22H20N4O2S3. The molecule has 31 heavy (non-hydrogen) atoms. The highest BCUT2D eigenvalue weighted by molar-refractivity contribution is 7.99. The summed E-state index contributed by atoms with van der Waals surface area (Å²) in [7, 11) is 1.73. The minimum Gasteiger partial charge on any atom is -0.301 e. The monoisotopic (exact) mass is 468 g/mol. The van der Waals surface area contributed by atoms with Gasteiger partial charge >= 0.3 is 0 Å². The van der Waals surface area contributed by atoms with Crippen LogP contribution in [0.1, 0.15) is 23.3 Å². The molecule has 1 aliphatic carbocycles. The zero-order chi connectivity index (χ0) is 21.4. The lowest BCUT2D eigenvalue weighted by atomic mass is 9.97. The first-order valence-electron chi connectivity index (χ1n) is 10.0. The largest absolute Gasteiger partial charge is 0.301 e. The van der Waals surface area contributed by atoms with Crippen LogP contribution in [0.2, 0.25) is 0 Å². The van der Waals surface area contributed by atoms with Crippen molar-refractivity contribution in [2.75, 3.05) is 11.1 Å². The second-order valence-electron chi connectivity index (χ2n) is 7.39. The van der Waals surface area contributed by atoms with E-state index >= 15 is 0 Å². The minimum absolute atomic E-state index is 0.0141. The number of hydrogen-bond acceptors (Lipinski definition) is 7. The molecule has 3 aromatic heterocycles. The van der Waals surface area contributed by atoms with Crippen molar-refractivity contribution in [2.24, 2.45) is 7.05 Å². The molecule has 0 atom stereocenters. The van der Waals surface area contributed by atoms with Crippen LogP contribution in [0.5, 0.6) is 0 Å². The number of benzene rings is 1. The fraction of sp³-hybridized carbons (Fsp3) is 0.273. The van der Waals surface area contributed by atoms with Gasteiger partial charge in [-0.1, -0.05) is 42.1 Å². The molecule has 0 fully saturated rings. The number of aromatic nitrogens is 3. The quantitative estimate of drug-likeness (QED) is 0.339. The first-order valence-corrected chi connectivity index (χ1v) is 12.7. The lowest BCUT2D eigenvalue weighted by Gasteiger charge is -2.10. The molecule has 0 radical (unpaired) electrons. The fourth-order valence-corrected chi connectivity index (χ4v) is 6.56. The number of fused-ring (bicyclic) bond motifs is 3. The molecule has 3 heterocycles. The summed E-state index contributed by atoms with van der Waals surface area (Å²) in [6.07, 6.45) is 4.29. The van der Waals surface area contributed by atoms with Gasteiger partial charge < -0.3 is 5.32 Å². The number of nitrogens with one attached hydrogen (secondary N) is 1. The Hall–Kier alpha value is -2.49. The molecule has 1 aliphatic rings. The van der Waals surface area contributed by atoms with Gasteiger partial charge in [-0.3, -0.25) is 14.2 Å². The number of nitrogens with zero attached hydrogens (tertiary/aromatic N) is 3. The van der Waals surface area contributed by atoms with Gasteiger partial charge in [-0.2, -0.15) is 0 Å². The van der Waals surface area contributed by atoms with Gasteiger partial charge in [0.15, 0.2) is 10.3 Å². The van der Waals surface area contributed by atoms with E-state index in [9.17, 15) is 9.59 Å². The maximum absolute atomic E-state index is 13.0. The lowest BCUT2D eigenvalue weighted by Crippen LogP contribution is -2.21. The van der Waals surface area contributed by atoms with Crippen molar-refractivity contribution in [1.29, 1.82) is 0 Å². The number of amides is 1. The number of anilines is 1. The van der Waals surface area contributed by atoms with Crippen molar-refractivity contribution in [3.05, 3.63) is 56.5 Å². The SMILES string of the molecule is Cn1c(SCC(=O)Nc2nc(-c3ccccc3)cs2)nc2sc3c(c2c1=O)CCCC3. The lowest BCUT2D eigenvalue weighted by molar-refractivity contribution is -0.113. The molecule has 1 aromatic carbocycles. The summed E-state index contributed by atoms with van der Waals surface area (Å²) >= 11 is 4.30. The van der Waals surface area contributed by atoms with E-state index in [2.05, 4.69) is 10.3 Å². The summed E-state index contributed by atoms with van der Waals surface area (Å²) in [5.41, 5.74) is 3.02. The summed E-state index contributed by atoms with van der Waals surface area (Å²) in [5, 5.41) is 6.67. The molecule has 9 heteroatoms. The van der Waals surface area contributed by atoms with Gasteiger partial charge in [0, 0.05) is 22.9 Å². The standard InChI is InChI=1S/C22H20N4O2S3/c1-26-20(28)18-14-9-5-6-10-16(14)31-19(18)25-22(26)30-12-17(27)24-21-23-15(11-29-21)13-7-3-2-4-8-13/h2-4,7-8,11H,5-6,9-10,12H2,1H3,(H,23,24,27). The Bertz CT molecular complexity index is 1320. The van der Waals surface area contributed by atoms with Gasteiger partial charge in [-0.05, 0) is 31.2 Å². The molecule has 1 N–H and O–H groups in total. The number of rotatable bonds is 5. The summed E-state index contributed by atoms with van der Waals surface area (Å²) in [6, 6.07) is 9.85. The molecule has 1 amide bonds. The van der Waals surface area contributed by atoms with Crippen molar-refractivity contribution in [1.82, 2.24) is 14.5 Å². The van der Waals surface area contributed by atoms with Gasteiger partial charge in [-0.15, -0.1) is 22.7 Å². The molecule has 158 valence electrons. The van der Waals surface area contributed by atoms with E-state index in [4.69, 9.17) is 4.98 Å². The van der Waals surface area contributed by atoms with Gasteiger partial charge in [-0.25, -0.2) is 9.97 Å². The maximum Gasteiger partial charge on any atom is 0.262 e. The third-order valence-corrected chi connectivity index (χ3v) is 8.28. The van der Waals surface area contributed by atoms with E-state index in [1.807, 2.05) is 35.7 Å². The molecule has 0 spiro atoms. The molecule has 6 nitrogen and oxygen atoms in total. The third-order valence-electron chi connectivity index (χ3n) is 5.31. The number of carbonyl (C=O) groups excluding carboxylic acids is 1. The maximum atomic E-state index is 13.0. The van der Waals surface area contributed by atoms with Crippen molar-refractivity contribution in [3.8, 4) is 11.3 Å². The van der Waals surface area contributed by atoms with Crippen molar-refractivity contribution in [3.63, 3.8) is 0 Å². The van der Waals surface area contributed by atoms with E-state index < -0.39 is 0 Å². The van der Waals surface area contributed by atoms with Crippen molar-refractivity contribution < 1.29 is 4.79 Å². The van der Waals surface area contributed by atoms with Crippen LogP contribution in [-0.4, -0.2) is 26.2 Å². The molecule has 4 aromatic rings. The molecule has 0 bridgehead atoms. The molecule has 0 saturated carbocycles. The van der Waals surface area contributed by atoms with Crippen LogP contribution in [0.4, 0.5) is 5.13 Å². The van der Waals surface area contributed by atoms with Crippen molar-refractivity contribution in [2.45, 2.75) is 30.8 Å². The van der Waals surface area contributed by atoms with Crippen LogP contribution in [-0.2, 0) is 24.7 Å². The Kier molecular flexibility index (Phi) is 5.64. The Morgan fingerprint density at radius 3 is 2.84 bits per heavy atom. The molecule has 5 rings (SSSR count). The first kappa shape index (κ1) is 20.4. The van der Waals surface area contributed by atoms with Crippen LogP contribution < -0.4 is 10.9 Å². The number of thiophene rings is 1. The summed E-state index contributed by atoms with van der Waals surface area (Å²) in [5.74, 6) is -0.00398. The molecular weight excluding hydrogens is 448 g/mol. The zero-order valence-electron chi connectivity index (χ0n) is 16.9. The zero-order valence-corrected chi connectivity index (χ0v) is 19.3. The molecule has 0 unspecified atom stereocenters. The number of aryl methyl sites for hydroxylation is 2. The Labute approximate surface area is 191 Å². The van der Waals surface area contributed by atoms with Crippen molar-refractivity contribution >= 4 is 55.7 Å². The average Bonchev–Trinajstić information content (AvgIpc) is 3.40. The predicted molar refractivity (Wildman–Crippen MR) is 128 cm³/mol. The topological polar surface area (TPSA) is 76.9 Å². The number of carbonyl (C=O) groups is 1. The van der Waals surface area contributed by atoms with E-state index in [1.165, 1.54) is 40.0 Å². The highest BCUT2D eigenvalue weighted by atomic mass is 32.2. The average molecular weight is 469 g/mol. The predicted octanol–water partition coefficient (Wildman–Crippen LogP) is 4.73. The molecule has 0 saturated heterocycles. The Morgan fingerprint density at radius 1 is 1.19 bits per heavy atom. The normalized spacial score (nSPS) is 13.3. The van der Waals surface area contributed by atoms with Gasteiger partial charge in [0.25, 0.3) is 5.56 Å². The summed E-state index contributed by atoms with van der Waals surface area (Å²) < 4.78 is 1.57. The third kappa shape index (κ3) is 4.05. The number of hydrogen-bond donors (Lipinski definition) is 1. The highest BCUT2D eigenvalue weighted by Crippen LogP contribution is 2.34. The molecule has 0 aliphatic heterocycles. The van der Waals surface area contributed by atoms with Gasteiger partial charge in [0.05, 0.1) is 16.8 Å². The van der Waals surface area contributed by atoms with Crippen LogP contribution in [0.25, 0.3) is 21.5 Å².